The van der Waals surface area contributed by atoms with Gasteiger partial charge in [-0.1, -0.05) is 61.0 Å². The number of carbonyl (C=O) groups excluding carboxylic acids is 1. The Kier molecular flexibility index (Phi) is 6.66. The molecule has 7 nitrogen and oxygen atoms in total. The van der Waals surface area contributed by atoms with Gasteiger partial charge in [-0.15, -0.1) is 0 Å². The summed E-state index contributed by atoms with van der Waals surface area (Å²) in [4.78, 5) is 37.9. The van der Waals surface area contributed by atoms with Crippen molar-refractivity contribution < 1.29 is 4.79 Å². The number of nitrogens with one attached hydrogen (secondary N) is 2. The van der Waals surface area contributed by atoms with Crippen molar-refractivity contribution in [1.29, 1.82) is 0 Å². The van der Waals surface area contributed by atoms with Gasteiger partial charge < -0.3 is 10.3 Å². The topological polar surface area (TPSA) is 92.7 Å². The molecule has 2 aromatic heterocycles. The summed E-state index contributed by atoms with van der Waals surface area (Å²) in [6, 6.07) is 24.7. The number of hydrogen-bond donors (Lipinski definition) is 2. The molecule has 5 rings (SSSR count). The number of rotatable bonds is 9. The first-order chi connectivity index (χ1) is 17.2. The molecule has 3 aromatic carbocycles. The van der Waals surface area contributed by atoms with E-state index < -0.39 is 0 Å². The van der Waals surface area contributed by atoms with Crippen LogP contribution in [-0.4, -0.2) is 25.4 Å². The minimum absolute atomic E-state index is 0.0233. The van der Waals surface area contributed by atoms with Crippen LogP contribution in [0.25, 0.3) is 21.9 Å². The minimum atomic E-state index is -0.349. The highest BCUT2D eigenvalue weighted by molar-refractivity contribution is 5.78. The molecule has 5 aromatic rings. The Balaban J connectivity index is 1.18. The Bertz CT molecular complexity index is 1470. The number of nitrogens with zero attached hydrogens (tertiary/aromatic N) is 3. The van der Waals surface area contributed by atoms with Crippen LogP contribution in [0.3, 0.4) is 0 Å². The summed E-state index contributed by atoms with van der Waals surface area (Å²) >= 11 is 0. The van der Waals surface area contributed by atoms with Gasteiger partial charge in [-0.25, -0.2) is 9.97 Å². The van der Waals surface area contributed by atoms with Crippen molar-refractivity contribution in [2.45, 2.75) is 38.3 Å². The van der Waals surface area contributed by atoms with Gasteiger partial charge in [-0.05, 0) is 42.7 Å². The van der Waals surface area contributed by atoms with Crippen molar-refractivity contribution in [3.8, 4) is 0 Å². The number of aromatic amines is 1. The Morgan fingerprint density at radius 3 is 2.46 bits per heavy atom. The van der Waals surface area contributed by atoms with E-state index in [0.29, 0.717) is 29.7 Å². The van der Waals surface area contributed by atoms with E-state index in [4.69, 9.17) is 4.98 Å². The summed E-state index contributed by atoms with van der Waals surface area (Å²) in [5, 5.41) is 3.78. The fourth-order valence-corrected chi connectivity index (χ4v) is 4.31. The zero-order chi connectivity index (χ0) is 24.0. The second-order valence-electron chi connectivity index (χ2n) is 8.62. The predicted octanol–water partition coefficient (Wildman–Crippen LogP) is 4.74. The number of aryl methyl sites for hydroxylation is 1. The molecule has 0 bridgehead atoms. The number of fused-ring (bicyclic) bond motifs is 2. The fourth-order valence-electron chi connectivity index (χ4n) is 4.31. The lowest BCUT2D eigenvalue weighted by Gasteiger charge is -2.17. The molecule has 0 aliphatic rings. The van der Waals surface area contributed by atoms with Crippen molar-refractivity contribution in [1.82, 2.24) is 24.8 Å². The highest BCUT2D eigenvalue weighted by Gasteiger charge is 2.20. The predicted molar refractivity (Wildman–Crippen MR) is 137 cm³/mol. The van der Waals surface area contributed by atoms with E-state index in [-0.39, 0.29) is 17.5 Å². The van der Waals surface area contributed by atoms with Gasteiger partial charge in [0.2, 0.25) is 5.91 Å². The standard InChI is InChI=1S/C28H27N5O2/c34-25(17-5-2-10-18-33-19-29-22-14-7-6-13-21(22)28(33)35)32-26(20-11-3-1-4-12-20)27-30-23-15-8-9-16-24(23)31-27/h1,3-4,6-9,11-16,19,26H,2,5,10,17-18H2,(H,30,31)(H,32,34)/t26-/m0/s1. The minimum Gasteiger partial charge on any atom is -0.342 e. The van der Waals surface area contributed by atoms with Gasteiger partial charge in [-0.3, -0.25) is 14.2 Å². The summed E-state index contributed by atoms with van der Waals surface area (Å²) < 4.78 is 1.65. The lowest BCUT2D eigenvalue weighted by Crippen LogP contribution is -2.29. The number of carbonyl (C=O) groups is 1. The zero-order valence-corrected chi connectivity index (χ0v) is 19.4. The van der Waals surface area contributed by atoms with Crippen LogP contribution in [0.1, 0.15) is 43.1 Å². The largest absolute Gasteiger partial charge is 0.342 e. The number of amides is 1. The quantitative estimate of drug-likeness (QED) is 0.308. The monoisotopic (exact) mass is 465 g/mol. The Hall–Kier alpha value is -4.26. The molecular weight excluding hydrogens is 438 g/mol. The molecule has 0 radical (unpaired) electrons. The summed E-state index contributed by atoms with van der Waals surface area (Å²) in [5.41, 5.74) is 3.48. The normalized spacial score (nSPS) is 12.1. The number of para-hydroxylation sites is 3. The van der Waals surface area contributed by atoms with E-state index in [2.05, 4.69) is 15.3 Å². The lowest BCUT2D eigenvalue weighted by atomic mass is 10.1. The van der Waals surface area contributed by atoms with Crippen LogP contribution < -0.4 is 10.9 Å². The van der Waals surface area contributed by atoms with E-state index in [1.165, 1.54) is 0 Å². The molecule has 0 aliphatic carbocycles. The molecule has 0 fully saturated rings. The highest BCUT2D eigenvalue weighted by Crippen LogP contribution is 2.23. The second kappa shape index (κ2) is 10.3. The molecule has 0 aliphatic heterocycles. The summed E-state index contributed by atoms with van der Waals surface area (Å²) in [6.45, 7) is 0.587. The molecular formula is C28H27N5O2. The van der Waals surface area contributed by atoms with E-state index in [0.717, 1.165) is 35.9 Å². The van der Waals surface area contributed by atoms with E-state index in [9.17, 15) is 9.59 Å². The molecule has 0 saturated heterocycles. The SMILES string of the molecule is O=C(CCCCCn1cnc2ccccc2c1=O)N[C@@H](c1ccccc1)c1nc2ccccc2[nH]1. The molecule has 1 atom stereocenters. The fraction of sp³-hybridized carbons (Fsp3) is 0.214. The van der Waals surface area contributed by atoms with Crippen molar-refractivity contribution in [3.05, 3.63) is 107 Å². The first-order valence-corrected chi connectivity index (χ1v) is 11.9. The number of H-pyrrole nitrogens is 1. The molecule has 35 heavy (non-hydrogen) atoms. The molecule has 0 saturated carbocycles. The van der Waals surface area contributed by atoms with Gasteiger partial charge in [-0.2, -0.15) is 0 Å². The van der Waals surface area contributed by atoms with Gasteiger partial charge in [0.15, 0.2) is 0 Å². The molecule has 2 N–H and O–H groups in total. The molecule has 176 valence electrons. The number of benzene rings is 3. The van der Waals surface area contributed by atoms with Gasteiger partial charge in [0, 0.05) is 13.0 Å². The molecule has 0 unspecified atom stereocenters. The first kappa shape index (κ1) is 22.5. The Labute approximate surface area is 202 Å². The molecule has 0 spiro atoms. The molecule has 7 heteroatoms. The van der Waals surface area contributed by atoms with Crippen LogP contribution in [0.2, 0.25) is 0 Å². The molecule has 2 heterocycles. The smallest absolute Gasteiger partial charge is 0.261 e. The zero-order valence-electron chi connectivity index (χ0n) is 19.4. The maximum absolute atomic E-state index is 12.8. The van der Waals surface area contributed by atoms with Gasteiger partial charge in [0.1, 0.15) is 11.9 Å². The van der Waals surface area contributed by atoms with Gasteiger partial charge in [0.05, 0.1) is 28.3 Å². The number of hydrogen-bond acceptors (Lipinski definition) is 4. The van der Waals surface area contributed by atoms with Gasteiger partial charge >= 0.3 is 0 Å². The summed E-state index contributed by atoms with van der Waals surface area (Å²) in [5.74, 6) is 0.692. The van der Waals surface area contributed by atoms with Crippen LogP contribution in [-0.2, 0) is 11.3 Å². The maximum atomic E-state index is 12.8. The first-order valence-electron chi connectivity index (χ1n) is 11.9. The van der Waals surface area contributed by atoms with Crippen molar-refractivity contribution in [2.75, 3.05) is 0 Å². The van der Waals surface area contributed by atoms with Crippen LogP contribution >= 0.6 is 0 Å². The van der Waals surface area contributed by atoms with E-state index in [1.54, 1.807) is 17.0 Å². The maximum Gasteiger partial charge on any atom is 0.261 e. The van der Waals surface area contributed by atoms with Crippen molar-refractivity contribution >= 4 is 27.8 Å². The number of imidazole rings is 1. The highest BCUT2D eigenvalue weighted by atomic mass is 16.1. The third kappa shape index (κ3) is 5.14. The number of unbranched alkanes of at least 4 members (excludes halogenated alkanes) is 2. The average Bonchev–Trinajstić information content (AvgIpc) is 3.33. The summed E-state index contributed by atoms with van der Waals surface area (Å²) in [7, 11) is 0. The van der Waals surface area contributed by atoms with E-state index in [1.807, 2.05) is 72.8 Å². The Morgan fingerprint density at radius 1 is 0.886 bits per heavy atom. The second-order valence-corrected chi connectivity index (χ2v) is 8.62. The van der Waals surface area contributed by atoms with Crippen LogP contribution in [0.4, 0.5) is 0 Å². The molecule has 1 amide bonds. The van der Waals surface area contributed by atoms with Crippen LogP contribution in [0.5, 0.6) is 0 Å². The Morgan fingerprint density at radius 2 is 1.63 bits per heavy atom. The van der Waals surface area contributed by atoms with Crippen molar-refractivity contribution in [3.63, 3.8) is 0 Å². The number of aromatic nitrogens is 4. The van der Waals surface area contributed by atoms with Crippen LogP contribution in [0, 0.1) is 0 Å². The summed E-state index contributed by atoms with van der Waals surface area (Å²) in [6.07, 6.45) is 4.40. The third-order valence-electron chi connectivity index (χ3n) is 6.15. The van der Waals surface area contributed by atoms with E-state index >= 15 is 0 Å². The van der Waals surface area contributed by atoms with Gasteiger partial charge in [0.25, 0.3) is 5.56 Å². The van der Waals surface area contributed by atoms with Crippen LogP contribution in [0.15, 0.2) is 90.0 Å². The lowest BCUT2D eigenvalue weighted by molar-refractivity contribution is -0.121. The van der Waals surface area contributed by atoms with Crippen molar-refractivity contribution in [2.24, 2.45) is 0 Å². The third-order valence-corrected chi connectivity index (χ3v) is 6.15. The average molecular weight is 466 g/mol.